The Labute approximate surface area is 191 Å². The van der Waals surface area contributed by atoms with Crippen molar-refractivity contribution in [2.75, 3.05) is 6.54 Å². The zero-order chi connectivity index (χ0) is 24.3. The minimum absolute atomic E-state index is 0.0349. The molecule has 33 heavy (non-hydrogen) atoms. The molecule has 0 aromatic heterocycles. The van der Waals surface area contributed by atoms with Crippen LogP contribution in [0.15, 0.2) is 81.7 Å². The highest BCUT2D eigenvalue weighted by molar-refractivity contribution is 6.08. The van der Waals surface area contributed by atoms with Crippen LogP contribution in [0.2, 0.25) is 0 Å². The second-order valence-corrected chi connectivity index (χ2v) is 7.28. The molecule has 7 heteroatoms. The number of alkyl halides is 4. The Morgan fingerprint density at radius 3 is 2.24 bits per heavy atom. The van der Waals surface area contributed by atoms with E-state index in [1.54, 1.807) is 6.07 Å². The third-order valence-electron chi connectivity index (χ3n) is 4.60. The quantitative estimate of drug-likeness (QED) is 0.216. The number of aryl methyl sites for hydroxylation is 1. The van der Waals surface area contributed by atoms with Gasteiger partial charge in [-0.15, -0.1) is 0 Å². The third kappa shape index (κ3) is 8.96. The average Bonchev–Trinajstić information content (AvgIpc) is 2.80. The molecule has 0 bridgehead atoms. The van der Waals surface area contributed by atoms with Gasteiger partial charge in [0.1, 0.15) is 12.5 Å². The maximum Gasteiger partial charge on any atom is 0.389 e. The first-order valence-electron chi connectivity index (χ1n) is 10.5. The second-order valence-electron chi connectivity index (χ2n) is 7.28. The summed E-state index contributed by atoms with van der Waals surface area (Å²) in [5.74, 6) is 0.403. The van der Waals surface area contributed by atoms with Crippen LogP contribution >= 0.6 is 0 Å². The van der Waals surface area contributed by atoms with Gasteiger partial charge in [0.05, 0.1) is 6.42 Å². The van der Waals surface area contributed by atoms with Gasteiger partial charge in [0.2, 0.25) is 0 Å². The summed E-state index contributed by atoms with van der Waals surface area (Å²) >= 11 is 0. The van der Waals surface area contributed by atoms with Crippen LogP contribution in [0.5, 0.6) is 0 Å². The van der Waals surface area contributed by atoms with Crippen LogP contribution < -0.4 is 0 Å². The Bertz CT molecular complexity index is 1120. The third-order valence-corrected chi connectivity index (χ3v) is 4.60. The molecule has 0 spiro atoms. The summed E-state index contributed by atoms with van der Waals surface area (Å²) in [6.45, 7) is 7.22. The highest BCUT2D eigenvalue weighted by Gasteiger charge is 2.27. The van der Waals surface area contributed by atoms with Crippen molar-refractivity contribution in [3.63, 3.8) is 0 Å². The van der Waals surface area contributed by atoms with Crippen molar-refractivity contribution in [3.8, 4) is 0 Å². The Hall–Kier alpha value is -3.35. The molecule has 0 aliphatic rings. The number of nitrogens with zero attached hydrogens (tertiary/aromatic N) is 3. The first kappa shape index (κ1) is 25.9. The van der Waals surface area contributed by atoms with Crippen LogP contribution in [-0.2, 0) is 6.67 Å². The maximum absolute atomic E-state index is 12.4. The number of halogens is 4. The molecule has 3 aromatic rings. The van der Waals surface area contributed by atoms with E-state index >= 15 is 0 Å². The Morgan fingerprint density at radius 1 is 0.939 bits per heavy atom. The summed E-state index contributed by atoms with van der Waals surface area (Å²) in [4.78, 5) is 12.1. The van der Waals surface area contributed by atoms with Crippen LogP contribution in [0.3, 0.4) is 0 Å². The number of fused-ring (bicyclic) bond motifs is 1. The Kier molecular flexibility index (Phi) is 9.91. The van der Waals surface area contributed by atoms with Crippen LogP contribution in [0, 0.1) is 6.92 Å². The fourth-order valence-electron chi connectivity index (χ4n) is 3.01. The zero-order valence-electron chi connectivity index (χ0n) is 18.7. The van der Waals surface area contributed by atoms with Crippen molar-refractivity contribution < 1.29 is 17.6 Å². The number of hydrogen-bond acceptors (Lipinski definition) is 1. The Balaban J connectivity index is 0.000000357. The lowest BCUT2D eigenvalue weighted by Gasteiger charge is -2.08. The van der Waals surface area contributed by atoms with Gasteiger partial charge >= 0.3 is 6.18 Å². The minimum Gasteiger partial charge on any atom is -0.266 e. The lowest BCUT2D eigenvalue weighted by atomic mass is 10.1. The summed E-state index contributed by atoms with van der Waals surface area (Å²) < 4.78 is 49.1. The van der Waals surface area contributed by atoms with Crippen molar-refractivity contribution in [3.05, 3.63) is 83.4 Å². The topological polar surface area (TPSA) is 37.1 Å². The second kappa shape index (κ2) is 12.6. The predicted molar refractivity (Wildman–Crippen MR) is 129 cm³/mol. The molecule has 0 amide bonds. The van der Waals surface area contributed by atoms with Crippen molar-refractivity contribution >= 4 is 29.2 Å². The molecule has 0 aliphatic carbocycles. The van der Waals surface area contributed by atoms with E-state index in [4.69, 9.17) is 0 Å². The van der Waals surface area contributed by atoms with Crippen LogP contribution in [0.4, 0.5) is 17.6 Å². The maximum atomic E-state index is 12.4. The normalized spacial score (nSPS) is 12.3. The molecule has 3 nitrogen and oxygen atoms in total. The van der Waals surface area contributed by atoms with Gasteiger partial charge in [-0.05, 0) is 43.0 Å². The highest BCUT2D eigenvalue weighted by Crippen LogP contribution is 2.22. The van der Waals surface area contributed by atoms with E-state index in [2.05, 4.69) is 21.7 Å². The Morgan fingerprint density at radius 2 is 1.67 bits per heavy atom. The molecule has 0 N–H and O–H groups in total. The molecule has 0 saturated carbocycles. The summed E-state index contributed by atoms with van der Waals surface area (Å²) in [6.07, 6.45) is -5.55. The summed E-state index contributed by atoms with van der Waals surface area (Å²) in [7, 11) is 0. The van der Waals surface area contributed by atoms with Gasteiger partial charge in [0, 0.05) is 18.5 Å². The standard InChI is InChI=1S/C18H18F3N3.C8H9F/c1-3-23-17(24-16(22-2)10-11-18(19,20)21)15-9-8-13-6-4-5-7-14(13)12-15;1-7-3-2-4-8(5-7)6-9/h4-9,12H,2-3,10-11H2,1H3;2-5H,6H2,1H3. The molecule has 0 heterocycles. The summed E-state index contributed by atoms with van der Waals surface area (Å²) in [5.41, 5.74) is 2.61. The monoisotopic (exact) mass is 457 g/mol. The highest BCUT2D eigenvalue weighted by atomic mass is 19.4. The van der Waals surface area contributed by atoms with Gasteiger partial charge in [0.15, 0.2) is 5.84 Å². The fourth-order valence-corrected chi connectivity index (χ4v) is 3.01. The number of aliphatic imine (C=N–C) groups is 3. The predicted octanol–water partition coefficient (Wildman–Crippen LogP) is 7.51. The summed E-state index contributed by atoms with van der Waals surface area (Å²) in [6, 6.07) is 21.0. The minimum atomic E-state index is -4.25. The number of rotatable bonds is 5. The lowest BCUT2D eigenvalue weighted by Crippen LogP contribution is -2.11. The van der Waals surface area contributed by atoms with Crippen molar-refractivity contribution in [1.82, 2.24) is 0 Å². The van der Waals surface area contributed by atoms with Gasteiger partial charge in [-0.25, -0.2) is 14.4 Å². The number of benzene rings is 3. The van der Waals surface area contributed by atoms with E-state index in [0.717, 1.165) is 27.5 Å². The molecule has 0 radical (unpaired) electrons. The first-order valence-corrected chi connectivity index (χ1v) is 10.5. The molecular formula is C26H27F4N3. The van der Waals surface area contributed by atoms with Crippen molar-refractivity contribution in [2.24, 2.45) is 15.0 Å². The average molecular weight is 458 g/mol. The van der Waals surface area contributed by atoms with Crippen LogP contribution in [0.25, 0.3) is 10.8 Å². The molecule has 0 fully saturated rings. The van der Waals surface area contributed by atoms with E-state index in [9.17, 15) is 17.6 Å². The molecule has 0 aliphatic heterocycles. The van der Waals surface area contributed by atoms with E-state index in [0.29, 0.717) is 12.4 Å². The van der Waals surface area contributed by atoms with E-state index < -0.39 is 12.6 Å². The number of amidine groups is 2. The molecule has 3 aromatic carbocycles. The zero-order valence-corrected chi connectivity index (χ0v) is 18.7. The van der Waals surface area contributed by atoms with E-state index in [1.807, 2.05) is 74.5 Å². The SMILES string of the molecule is C=NC(CCC(F)(F)F)=NC(=NCC)c1ccc2ccccc2c1.Cc1cccc(CF)c1. The van der Waals surface area contributed by atoms with Crippen LogP contribution in [0.1, 0.15) is 36.5 Å². The molecule has 0 atom stereocenters. The largest absolute Gasteiger partial charge is 0.389 e. The van der Waals surface area contributed by atoms with E-state index in [-0.39, 0.29) is 18.9 Å². The van der Waals surface area contributed by atoms with Crippen molar-refractivity contribution in [1.29, 1.82) is 0 Å². The lowest BCUT2D eigenvalue weighted by molar-refractivity contribution is -0.132. The summed E-state index contributed by atoms with van der Waals surface area (Å²) in [5, 5.41) is 2.08. The molecule has 174 valence electrons. The van der Waals surface area contributed by atoms with E-state index in [1.165, 1.54) is 0 Å². The smallest absolute Gasteiger partial charge is 0.266 e. The molecule has 0 saturated heterocycles. The molecule has 3 rings (SSSR count). The van der Waals surface area contributed by atoms with Gasteiger partial charge in [-0.3, -0.25) is 4.99 Å². The first-order chi connectivity index (χ1) is 15.8. The molecule has 0 unspecified atom stereocenters. The fraction of sp³-hybridized carbons (Fsp3) is 0.269. The molecular weight excluding hydrogens is 430 g/mol. The van der Waals surface area contributed by atoms with Gasteiger partial charge in [-0.1, -0.05) is 66.2 Å². The van der Waals surface area contributed by atoms with Crippen molar-refractivity contribution in [2.45, 2.75) is 39.5 Å². The van der Waals surface area contributed by atoms with Gasteiger partial charge in [0.25, 0.3) is 0 Å². The van der Waals surface area contributed by atoms with Crippen LogP contribution in [-0.4, -0.2) is 31.1 Å². The number of hydrogen-bond donors (Lipinski definition) is 0. The van der Waals surface area contributed by atoms with Gasteiger partial charge < -0.3 is 0 Å². The van der Waals surface area contributed by atoms with Gasteiger partial charge in [-0.2, -0.15) is 13.2 Å².